The van der Waals surface area contributed by atoms with Crippen molar-refractivity contribution in [3.8, 4) is 33.4 Å². The van der Waals surface area contributed by atoms with Gasteiger partial charge >= 0.3 is 0 Å². The van der Waals surface area contributed by atoms with E-state index in [-0.39, 0.29) is 0 Å². The van der Waals surface area contributed by atoms with E-state index in [0.29, 0.717) is 79.4 Å². The number of pyridine rings is 6. The molecule has 12 heterocycles. The fourth-order valence-electron chi connectivity index (χ4n) is 9.22. The highest BCUT2D eigenvalue weighted by atomic mass is 35.5. The lowest BCUT2D eigenvalue weighted by Gasteiger charge is -2.10. The van der Waals surface area contributed by atoms with Crippen LogP contribution in [0.1, 0.15) is 93.1 Å². The van der Waals surface area contributed by atoms with Gasteiger partial charge in [-0.3, -0.25) is 19.0 Å². The van der Waals surface area contributed by atoms with E-state index >= 15 is 0 Å². The van der Waals surface area contributed by atoms with Gasteiger partial charge in [-0.2, -0.15) is 35.3 Å². The SMILES string of the molecule is Cc1nn(C)cc1-c1cc2nc(Nc3cc(C(C)C)cnn3)ccc2[n+]([O-])c1.Cc1nn(C)cc1-c1cc2nc(Nc3cc(C(C)C)cnn3)ccc2nc1Cl.Cc1nn(C)cc1-c1cnc2ccc(Nc3cc(C(C)C)cnn3)nc2c1Cl. The molecule has 24 heteroatoms. The Morgan fingerprint density at radius 1 is 0.464 bits per heavy atom. The topological polar surface area (TPSA) is 258 Å². The molecule has 0 saturated carbocycles. The molecule has 22 nitrogen and oxygen atoms in total. The Kier molecular flexibility index (Phi) is 16.7. The van der Waals surface area contributed by atoms with Crippen LogP contribution in [0.5, 0.6) is 0 Å². The van der Waals surface area contributed by atoms with Gasteiger partial charge in [-0.25, -0.2) is 19.9 Å². The Bertz CT molecular complexity index is 4330. The fourth-order valence-corrected chi connectivity index (χ4v) is 9.76. The van der Waals surface area contributed by atoms with Crippen molar-refractivity contribution in [2.75, 3.05) is 16.0 Å². The van der Waals surface area contributed by atoms with Crippen LogP contribution in [0.2, 0.25) is 10.2 Å². The minimum absolute atomic E-state index is 0.352. The Labute approximate surface area is 494 Å². The number of hydrogen-bond donors (Lipinski definition) is 3. The molecule has 0 bridgehead atoms. The molecule has 0 aliphatic rings. The van der Waals surface area contributed by atoms with Crippen LogP contribution in [-0.2, 0) is 21.1 Å². The zero-order valence-corrected chi connectivity index (χ0v) is 49.9. The second-order valence-corrected chi connectivity index (χ2v) is 21.9. The zero-order valence-electron chi connectivity index (χ0n) is 48.4. The molecule has 0 aromatic carbocycles. The van der Waals surface area contributed by atoms with E-state index in [9.17, 15) is 5.21 Å². The molecule has 0 amide bonds. The van der Waals surface area contributed by atoms with Gasteiger partial charge in [-0.05, 0) is 116 Å². The number of hydrogen-bond acceptors (Lipinski definition) is 18. The molecular weight excluding hydrogens is 1100 g/mol. The van der Waals surface area contributed by atoms with E-state index in [4.69, 9.17) is 23.2 Å². The summed E-state index contributed by atoms with van der Waals surface area (Å²) in [6.45, 7) is 18.5. The molecule has 12 aromatic heterocycles. The van der Waals surface area contributed by atoms with E-state index in [1.807, 2.05) is 115 Å². The van der Waals surface area contributed by atoms with E-state index in [0.717, 1.165) is 88.4 Å². The molecule has 0 atom stereocenters. The first kappa shape index (κ1) is 57.6. The summed E-state index contributed by atoms with van der Waals surface area (Å²) < 4.78 is 6.09. The van der Waals surface area contributed by atoms with Gasteiger partial charge in [-0.15, -0.1) is 15.3 Å². The Morgan fingerprint density at radius 2 is 0.917 bits per heavy atom. The summed E-state index contributed by atoms with van der Waals surface area (Å²) in [5, 5.41) is 60.7. The lowest BCUT2D eigenvalue weighted by Crippen LogP contribution is -2.27. The van der Waals surface area contributed by atoms with Gasteiger partial charge in [0.05, 0.1) is 62.8 Å². The van der Waals surface area contributed by atoms with Crippen LogP contribution in [0, 0.1) is 26.0 Å². The van der Waals surface area contributed by atoms with Crippen LogP contribution in [-0.4, -0.2) is 84.9 Å². The summed E-state index contributed by atoms with van der Waals surface area (Å²) >= 11 is 13.1. The van der Waals surface area contributed by atoms with Crippen molar-refractivity contribution in [1.82, 2.24) is 84.9 Å². The first-order valence-electron chi connectivity index (χ1n) is 27.0. The predicted octanol–water partition coefficient (Wildman–Crippen LogP) is 12.5. The summed E-state index contributed by atoms with van der Waals surface area (Å²) in [6.07, 6.45) is 14.4. The monoisotopic (exact) mass is 1160 g/mol. The smallest absolute Gasteiger partial charge is 0.242 e. The number of nitrogens with one attached hydrogen (secondary N) is 3. The number of nitrogens with zero attached hydrogens (tertiary/aromatic N) is 18. The van der Waals surface area contributed by atoms with E-state index in [2.05, 4.69) is 128 Å². The highest BCUT2D eigenvalue weighted by molar-refractivity contribution is 6.37. The summed E-state index contributed by atoms with van der Waals surface area (Å²) in [7, 11) is 5.62. The van der Waals surface area contributed by atoms with Crippen LogP contribution in [0.4, 0.5) is 34.9 Å². The number of anilines is 6. The van der Waals surface area contributed by atoms with Crippen molar-refractivity contribution >= 4 is 91.2 Å². The third-order valence-corrected chi connectivity index (χ3v) is 14.4. The maximum atomic E-state index is 12.5. The molecule has 3 N–H and O–H groups in total. The number of halogens is 2. The minimum Gasteiger partial charge on any atom is -0.618 e. The lowest BCUT2D eigenvalue weighted by molar-refractivity contribution is -0.576. The average molecular weight is 1160 g/mol. The van der Waals surface area contributed by atoms with Gasteiger partial charge in [0.2, 0.25) is 5.52 Å². The first-order chi connectivity index (χ1) is 40.2. The van der Waals surface area contributed by atoms with Crippen molar-refractivity contribution in [2.45, 2.75) is 80.1 Å². The maximum Gasteiger partial charge on any atom is 0.242 e. The lowest BCUT2D eigenvalue weighted by atomic mass is 10.1. The standard InChI is InChI=1S/2C20H20ClN7.C20H21N7O/c1-11(2)13-7-19(26-22-9-13)25-18-6-5-16-17(23-18)8-14(20(21)24-16)15-10-28(4)27-12(15)3;1-11(2)13-7-18(26-23-8-13)24-17-6-5-16-20(25-17)19(21)14(9-22-16)15-10-28(4)27-12(15)3;1-12(2)14-8-20(24-21-9-14)23-19-6-5-18-17(22-19)7-15(10-27(18)28)16-11-26(4)25-13(16)3/h5-11H,1-4H3,(H,23,25,26);5-11H,1-4H3,(H,24,25,26);5-12H,1-4H3,(H,22,23,24). The van der Waals surface area contributed by atoms with Crippen molar-refractivity contribution in [1.29, 1.82) is 0 Å². The van der Waals surface area contributed by atoms with Crippen LogP contribution < -0.4 is 20.7 Å². The fraction of sp³-hybridized carbons (Fsp3) is 0.250. The van der Waals surface area contributed by atoms with Gasteiger partial charge in [-0.1, -0.05) is 64.7 Å². The second kappa shape index (κ2) is 24.4. The molecule has 426 valence electrons. The summed E-state index contributed by atoms with van der Waals surface area (Å²) in [4.78, 5) is 23.0. The molecule has 12 aromatic rings. The quantitative estimate of drug-likeness (QED) is 0.0583. The number of aryl methyl sites for hydroxylation is 6. The molecule has 12 rings (SSSR count). The van der Waals surface area contributed by atoms with Crippen LogP contribution in [0.25, 0.3) is 66.5 Å². The van der Waals surface area contributed by atoms with Gasteiger partial charge in [0, 0.05) is 79.8 Å². The van der Waals surface area contributed by atoms with E-state index < -0.39 is 0 Å². The number of rotatable bonds is 12. The average Bonchev–Trinajstić information content (AvgIpc) is 4.27. The molecule has 0 radical (unpaired) electrons. The highest BCUT2D eigenvalue weighted by Gasteiger charge is 2.19. The number of fused-ring (bicyclic) bond motifs is 3. The zero-order chi connectivity index (χ0) is 59.5. The number of aromatic nitrogens is 18. The highest BCUT2D eigenvalue weighted by Crippen LogP contribution is 2.36. The second-order valence-electron chi connectivity index (χ2n) is 21.1. The maximum absolute atomic E-state index is 12.5. The summed E-state index contributed by atoms with van der Waals surface area (Å²) in [5.41, 5.74) is 15.0. The largest absolute Gasteiger partial charge is 0.618 e. The van der Waals surface area contributed by atoms with Crippen LogP contribution in [0.15, 0.2) is 116 Å². The van der Waals surface area contributed by atoms with Gasteiger partial charge in [0.15, 0.2) is 23.7 Å². The van der Waals surface area contributed by atoms with Crippen LogP contribution >= 0.6 is 23.2 Å². The predicted molar refractivity (Wildman–Crippen MR) is 329 cm³/mol. The van der Waals surface area contributed by atoms with Crippen molar-refractivity contribution in [3.63, 3.8) is 0 Å². The van der Waals surface area contributed by atoms with Gasteiger partial charge in [0.25, 0.3) is 0 Å². The Balaban J connectivity index is 0.000000140. The molecule has 0 spiro atoms. The van der Waals surface area contributed by atoms with E-state index in [1.54, 1.807) is 57.2 Å². The third-order valence-electron chi connectivity index (χ3n) is 13.7. The molecule has 0 aliphatic heterocycles. The van der Waals surface area contributed by atoms with Crippen molar-refractivity contribution < 1.29 is 4.73 Å². The molecule has 0 fully saturated rings. The first-order valence-corrected chi connectivity index (χ1v) is 27.8. The summed E-state index contributed by atoms with van der Waals surface area (Å²) in [5.74, 6) is 4.90. The normalized spacial score (nSPS) is 11.3. The van der Waals surface area contributed by atoms with Crippen molar-refractivity contribution in [3.05, 3.63) is 165 Å². The third kappa shape index (κ3) is 13.0. The van der Waals surface area contributed by atoms with Crippen molar-refractivity contribution in [2.24, 2.45) is 21.1 Å². The Hall–Kier alpha value is -9.67. The Morgan fingerprint density at radius 3 is 1.40 bits per heavy atom. The van der Waals surface area contributed by atoms with E-state index in [1.165, 1.54) is 0 Å². The molecule has 84 heavy (non-hydrogen) atoms. The molecular formula is C60H61Cl2N21O. The van der Waals surface area contributed by atoms with Gasteiger partial charge < -0.3 is 21.2 Å². The summed E-state index contributed by atoms with van der Waals surface area (Å²) in [6, 6.07) is 20.7. The molecule has 0 aliphatic carbocycles. The molecule has 0 unspecified atom stereocenters. The van der Waals surface area contributed by atoms with Gasteiger partial charge in [0.1, 0.15) is 33.6 Å². The molecule has 0 saturated heterocycles. The van der Waals surface area contributed by atoms with Crippen LogP contribution in [0.3, 0.4) is 0 Å². The minimum atomic E-state index is 0.352.